The molecule has 0 saturated heterocycles. The Morgan fingerprint density at radius 1 is 0.885 bits per heavy atom. The maximum atomic E-state index is 12.0. The van der Waals surface area contributed by atoms with Gasteiger partial charge in [0.2, 0.25) is 5.91 Å². The SMILES string of the molecule is CCCCCCCCCCCCCCNCCN1CCN=C(C)CC1=O. The Bertz CT molecular complexity index is 382. The molecule has 0 radical (unpaired) electrons. The van der Waals surface area contributed by atoms with E-state index in [9.17, 15) is 4.79 Å². The van der Waals surface area contributed by atoms with Gasteiger partial charge in [-0.15, -0.1) is 0 Å². The highest BCUT2D eigenvalue weighted by Crippen LogP contribution is 2.11. The normalized spacial score (nSPS) is 15.2. The summed E-state index contributed by atoms with van der Waals surface area (Å²) in [6.07, 6.45) is 17.2. The molecule has 0 aromatic rings. The summed E-state index contributed by atoms with van der Waals surface area (Å²) in [7, 11) is 0. The third kappa shape index (κ3) is 12.5. The van der Waals surface area contributed by atoms with Crippen LogP contribution in [0.4, 0.5) is 0 Å². The Labute approximate surface area is 162 Å². The van der Waals surface area contributed by atoms with Gasteiger partial charge in [-0.05, 0) is 19.9 Å². The summed E-state index contributed by atoms with van der Waals surface area (Å²) in [6, 6.07) is 0. The van der Waals surface area contributed by atoms with Gasteiger partial charge in [-0.2, -0.15) is 0 Å². The molecule has 0 aromatic carbocycles. The lowest BCUT2D eigenvalue weighted by Crippen LogP contribution is -2.38. The molecule has 0 spiro atoms. The van der Waals surface area contributed by atoms with Crippen molar-refractivity contribution in [1.29, 1.82) is 0 Å². The molecule has 0 bridgehead atoms. The Morgan fingerprint density at radius 3 is 2.08 bits per heavy atom. The zero-order valence-electron chi connectivity index (χ0n) is 17.5. The number of nitrogens with zero attached hydrogens (tertiary/aromatic N) is 2. The van der Waals surface area contributed by atoms with Crippen molar-refractivity contribution in [3.8, 4) is 0 Å². The summed E-state index contributed by atoms with van der Waals surface area (Å²) in [6.45, 7) is 8.57. The van der Waals surface area contributed by atoms with Crippen molar-refractivity contribution in [3.05, 3.63) is 0 Å². The molecule has 0 aromatic heterocycles. The predicted octanol–water partition coefficient (Wildman–Crippen LogP) is 4.97. The van der Waals surface area contributed by atoms with E-state index in [-0.39, 0.29) is 5.91 Å². The van der Waals surface area contributed by atoms with Gasteiger partial charge in [0.15, 0.2) is 0 Å². The first-order chi connectivity index (χ1) is 12.7. The van der Waals surface area contributed by atoms with E-state index >= 15 is 0 Å². The van der Waals surface area contributed by atoms with Crippen LogP contribution < -0.4 is 5.32 Å². The highest BCUT2D eigenvalue weighted by Gasteiger charge is 2.16. The predicted molar refractivity (Wildman–Crippen MR) is 113 cm³/mol. The number of carbonyl (C=O) groups is 1. The van der Waals surface area contributed by atoms with Crippen LogP contribution in [0.3, 0.4) is 0 Å². The highest BCUT2D eigenvalue weighted by atomic mass is 16.2. The van der Waals surface area contributed by atoms with Crippen LogP contribution in [0.5, 0.6) is 0 Å². The van der Waals surface area contributed by atoms with E-state index in [4.69, 9.17) is 0 Å². The summed E-state index contributed by atoms with van der Waals surface area (Å²) >= 11 is 0. The molecular formula is C22H43N3O. The molecule has 4 nitrogen and oxygen atoms in total. The largest absolute Gasteiger partial charge is 0.339 e. The van der Waals surface area contributed by atoms with Crippen molar-refractivity contribution in [2.45, 2.75) is 97.3 Å². The molecule has 4 heteroatoms. The van der Waals surface area contributed by atoms with Crippen LogP contribution in [0.2, 0.25) is 0 Å². The molecule has 0 fully saturated rings. The molecule has 0 saturated carbocycles. The lowest BCUT2D eigenvalue weighted by Gasteiger charge is -2.20. The summed E-state index contributed by atoms with van der Waals surface area (Å²) in [5.41, 5.74) is 0.974. The third-order valence-electron chi connectivity index (χ3n) is 5.28. The Kier molecular flexibility index (Phi) is 14.5. The molecule has 26 heavy (non-hydrogen) atoms. The van der Waals surface area contributed by atoms with E-state index < -0.39 is 0 Å². The minimum Gasteiger partial charge on any atom is -0.339 e. The molecule has 0 atom stereocenters. The standard InChI is InChI=1S/C22H43N3O/c1-3-4-5-6-7-8-9-10-11-12-13-14-15-23-16-18-25-19-17-24-21(2)20-22(25)26/h23H,3-20H2,1-2H3. The van der Waals surface area contributed by atoms with Crippen LogP contribution in [0.25, 0.3) is 0 Å². The molecule has 1 amide bonds. The van der Waals surface area contributed by atoms with Gasteiger partial charge in [-0.3, -0.25) is 9.79 Å². The van der Waals surface area contributed by atoms with Crippen molar-refractivity contribution >= 4 is 11.6 Å². The number of amides is 1. The van der Waals surface area contributed by atoms with Gasteiger partial charge in [0.1, 0.15) is 0 Å². The number of carbonyl (C=O) groups excluding carboxylic acids is 1. The van der Waals surface area contributed by atoms with Gasteiger partial charge in [0, 0.05) is 25.3 Å². The minimum absolute atomic E-state index is 0.232. The second kappa shape index (κ2) is 16.3. The average molecular weight is 366 g/mol. The number of nitrogens with one attached hydrogen (secondary N) is 1. The molecule has 152 valence electrons. The summed E-state index contributed by atoms with van der Waals surface area (Å²) in [4.78, 5) is 18.4. The number of rotatable bonds is 16. The Hall–Kier alpha value is -0.900. The van der Waals surface area contributed by atoms with E-state index in [2.05, 4.69) is 17.2 Å². The number of aliphatic imine (C=N–C) groups is 1. The maximum absolute atomic E-state index is 12.0. The highest BCUT2D eigenvalue weighted by molar-refractivity contribution is 6.00. The van der Waals surface area contributed by atoms with Crippen molar-refractivity contribution in [2.75, 3.05) is 32.7 Å². The zero-order valence-corrected chi connectivity index (χ0v) is 17.5. The van der Waals surface area contributed by atoms with Crippen molar-refractivity contribution in [3.63, 3.8) is 0 Å². The lowest BCUT2D eigenvalue weighted by atomic mass is 10.1. The fourth-order valence-corrected chi connectivity index (χ4v) is 3.54. The first kappa shape index (κ1) is 23.1. The van der Waals surface area contributed by atoms with E-state index in [1.165, 1.54) is 77.0 Å². The van der Waals surface area contributed by atoms with Gasteiger partial charge in [-0.1, -0.05) is 77.6 Å². The van der Waals surface area contributed by atoms with Crippen molar-refractivity contribution in [2.24, 2.45) is 4.99 Å². The lowest BCUT2D eigenvalue weighted by molar-refractivity contribution is -0.129. The average Bonchev–Trinajstić information content (AvgIpc) is 2.78. The van der Waals surface area contributed by atoms with Gasteiger partial charge >= 0.3 is 0 Å². The summed E-state index contributed by atoms with van der Waals surface area (Å²) in [5, 5.41) is 3.49. The second-order valence-electron chi connectivity index (χ2n) is 7.81. The quantitative estimate of drug-likeness (QED) is 0.392. The monoisotopic (exact) mass is 365 g/mol. The van der Waals surface area contributed by atoms with Gasteiger partial charge in [0.25, 0.3) is 0 Å². The van der Waals surface area contributed by atoms with Gasteiger partial charge in [-0.25, -0.2) is 0 Å². The van der Waals surface area contributed by atoms with Crippen LogP contribution in [0.1, 0.15) is 97.3 Å². The molecule has 1 heterocycles. The number of hydrogen-bond acceptors (Lipinski definition) is 3. The first-order valence-electron chi connectivity index (χ1n) is 11.2. The van der Waals surface area contributed by atoms with Crippen LogP contribution in [-0.4, -0.2) is 49.2 Å². The van der Waals surface area contributed by atoms with E-state index in [0.717, 1.165) is 38.4 Å². The second-order valence-corrected chi connectivity index (χ2v) is 7.81. The maximum Gasteiger partial charge on any atom is 0.228 e. The fraction of sp³-hybridized carbons (Fsp3) is 0.909. The smallest absolute Gasteiger partial charge is 0.228 e. The number of unbranched alkanes of at least 4 members (excludes halogenated alkanes) is 11. The Morgan fingerprint density at radius 2 is 1.46 bits per heavy atom. The molecule has 1 aliphatic heterocycles. The Balaban J connectivity index is 1.80. The van der Waals surface area contributed by atoms with E-state index in [1.54, 1.807) is 0 Å². The van der Waals surface area contributed by atoms with Crippen LogP contribution in [0.15, 0.2) is 4.99 Å². The molecule has 1 N–H and O–H groups in total. The van der Waals surface area contributed by atoms with Crippen LogP contribution >= 0.6 is 0 Å². The van der Waals surface area contributed by atoms with Crippen LogP contribution in [-0.2, 0) is 4.79 Å². The minimum atomic E-state index is 0.232. The first-order valence-corrected chi connectivity index (χ1v) is 11.2. The van der Waals surface area contributed by atoms with E-state index in [0.29, 0.717) is 6.42 Å². The van der Waals surface area contributed by atoms with E-state index in [1.807, 2.05) is 11.8 Å². The van der Waals surface area contributed by atoms with Crippen LogP contribution in [0, 0.1) is 0 Å². The molecule has 1 rings (SSSR count). The fourth-order valence-electron chi connectivity index (χ4n) is 3.54. The topological polar surface area (TPSA) is 44.7 Å². The molecule has 0 aliphatic carbocycles. The van der Waals surface area contributed by atoms with Crippen molar-refractivity contribution in [1.82, 2.24) is 10.2 Å². The van der Waals surface area contributed by atoms with Crippen molar-refractivity contribution < 1.29 is 4.79 Å². The van der Waals surface area contributed by atoms with Gasteiger partial charge < -0.3 is 10.2 Å². The summed E-state index contributed by atoms with van der Waals surface area (Å²) < 4.78 is 0. The third-order valence-corrected chi connectivity index (χ3v) is 5.28. The molecule has 1 aliphatic rings. The van der Waals surface area contributed by atoms with Gasteiger partial charge in [0.05, 0.1) is 13.0 Å². The summed E-state index contributed by atoms with van der Waals surface area (Å²) in [5.74, 6) is 0.232. The molecular weight excluding hydrogens is 322 g/mol. The zero-order chi connectivity index (χ0) is 18.9. The molecule has 0 unspecified atom stereocenters. The number of hydrogen-bond donors (Lipinski definition) is 1.